The summed E-state index contributed by atoms with van der Waals surface area (Å²) in [5.41, 5.74) is -0.608. The van der Waals surface area contributed by atoms with Gasteiger partial charge in [-0.3, -0.25) is 0 Å². The number of allylic oxidation sites excluding steroid dienone is 1. The lowest BCUT2D eigenvalue weighted by Gasteiger charge is -2.30. The lowest BCUT2D eigenvalue weighted by molar-refractivity contribution is -0.163. The van der Waals surface area contributed by atoms with Gasteiger partial charge in [0.1, 0.15) is 6.79 Å². The van der Waals surface area contributed by atoms with Crippen LogP contribution in [0.15, 0.2) is 25.3 Å². The quantitative estimate of drug-likeness (QED) is 0.323. The van der Waals surface area contributed by atoms with Crippen molar-refractivity contribution in [1.29, 1.82) is 0 Å². The van der Waals surface area contributed by atoms with Gasteiger partial charge in [0, 0.05) is 7.11 Å². The molecule has 4 nitrogen and oxygen atoms in total. The van der Waals surface area contributed by atoms with E-state index >= 15 is 0 Å². The topological polar surface area (TPSA) is 47.9 Å². The van der Waals surface area contributed by atoms with Crippen LogP contribution in [0.3, 0.4) is 0 Å². The fourth-order valence-electron chi connectivity index (χ4n) is 1.42. The van der Waals surface area contributed by atoms with Gasteiger partial charge >= 0.3 is 0 Å². The zero-order valence-corrected chi connectivity index (χ0v) is 10.7. The Morgan fingerprint density at radius 1 is 1.24 bits per heavy atom. The van der Waals surface area contributed by atoms with Crippen molar-refractivity contribution in [2.24, 2.45) is 0 Å². The molecule has 4 heteroatoms. The van der Waals surface area contributed by atoms with Gasteiger partial charge in [0.15, 0.2) is 0 Å². The minimum Gasteiger partial charge on any atom is -0.393 e. The molecule has 0 spiro atoms. The maximum Gasteiger partial charge on any atom is 0.147 e. The predicted octanol–water partition coefficient (Wildman–Crippen LogP) is 1.90. The van der Waals surface area contributed by atoms with Gasteiger partial charge in [0.2, 0.25) is 0 Å². The summed E-state index contributed by atoms with van der Waals surface area (Å²) < 4.78 is 15.7. The second kappa shape index (κ2) is 10.5. The highest BCUT2D eigenvalue weighted by Gasteiger charge is 2.28. The Balaban J connectivity index is 4.06. The zero-order valence-electron chi connectivity index (χ0n) is 10.7. The molecular weight excluding hydrogens is 220 g/mol. The highest BCUT2D eigenvalue weighted by molar-refractivity contribution is 4.89. The molecule has 1 atom stereocenters. The largest absolute Gasteiger partial charge is 0.393 e. The maximum absolute atomic E-state index is 9.45. The fourth-order valence-corrected chi connectivity index (χ4v) is 1.42. The molecule has 0 aromatic heterocycles. The van der Waals surface area contributed by atoms with Crippen LogP contribution in [-0.4, -0.2) is 44.4 Å². The van der Waals surface area contributed by atoms with E-state index in [0.29, 0.717) is 26.1 Å². The molecule has 0 aromatic carbocycles. The van der Waals surface area contributed by atoms with Gasteiger partial charge in [-0.2, -0.15) is 0 Å². The first-order valence-electron chi connectivity index (χ1n) is 5.78. The van der Waals surface area contributed by atoms with Crippen LogP contribution in [0, 0.1) is 0 Å². The summed E-state index contributed by atoms with van der Waals surface area (Å²) in [5, 5.41) is 9.45. The predicted molar refractivity (Wildman–Crippen MR) is 67.8 cm³/mol. The van der Waals surface area contributed by atoms with Crippen LogP contribution < -0.4 is 0 Å². The summed E-state index contributed by atoms with van der Waals surface area (Å²) in [5.74, 6) is 0. The van der Waals surface area contributed by atoms with E-state index < -0.39 is 5.60 Å². The molecule has 0 radical (unpaired) electrons. The Morgan fingerprint density at radius 2 is 2.00 bits per heavy atom. The van der Waals surface area contributed by atoms with Crippen LogP contribution in [0.4, 0.5) is 0 Å². The zero-order chi connectivity index (χ0) is 13.0. The summed E-state index contributed by atoms with van der Waals surface area (Å²) in [7, 11) is 1.62. The van der Waals surface area contributed by atoms with E-state index in [2.05, 4.69) is 13.2 Å². The summed E-state index contributed by atoms with van der Waals surface area (Å²) in [6.07, 6.45) is 5.63. The molecule has 0 saturated carbocycles. The minimum atomic E-state index is -0.608. The average molecular weight is 244 g/mol. The van der Waals surface area contributed by atoms with Crippen LogP contribution in [0.5, 0.6) is 0 Å². The second-order valence-corrected chi connectivity index (χ2v) is 3.82. The maximum atomic E-state index is 9.45. The molecule has 100 valence electrons. The normalized spacial score (nSPS) is 14.2. The summed E-state index contributed by atoms with van der Waals surface area (Å²) >= 11 is 0. The van der Waals surface area contributed by atoms with Gasteiger partial charge in [0.05, 0.1) is 25.4 Å². The van der Waals surface area contributed by atoms with E-state index in [1.54, 1.807) is 13.2 Å². The third-order valence-corrected chi connectivity index (χ3v) is 2.49. The van der Waals surface area contributed by atoms with Crippen molar-refractivity contribution in [2.75, 3.05) is 33.7 Å². The minimum absolute atomic E-state index is 0.0551. The van der Waals surface area contributed by atoms with Crippen molar-refractivity contribution < 1.29 is 19.3 Å². The van der Waals surface area contributed by atoms with Crippen LogP contribution in [-0.2, 0) is 14.2 Å². The number of rotatable bonds is 12. The average Bonchev–Trinajstić information content (AvgIpc) is 2.35. The first-order valence-corrected chi connectivity index (χ1v) is 5.78. The van der Waals surface area contributed by atoms with Crippen LogP contribution in [0.1, 0.15) is 19.3 Å². The summed E-state index contributed by atoms with van der Waals surface area (Å²) in [4.78, 5) is 0. The van der Waals surface area contributed by atoms with E-state index in [1.807, 2.05) is 6.08 Å². The molecule has 0 aliphatic carbocycles. The van der Waals surface area contributed by atoms with E-state index in [9.17, 15) is 5.11 Å². The van der Waals surface area contributed by atoms with Crippen molar-refractivity contribution >= 4 is 0 Å². The summed E-state index contributed by atoms with van der Waals surface area (Å²) in [6.45, 7) is 8.45. The molecule has 0 heterocycles. The number of aliphatic hydroxyl groups is 1. The van der Waals surface area contributed by atoms with Crippen molar-refractivity contribution in [3.8, 4) is 0 Å². The Morgan fingerprint density at radius 3 is 2.53 bits per heavy atom. The van der Waals surface area contributed by atoms with Crippen molar-refractivity contribution in [3.63, 3.8) is 0 Å². The molecule has 0 bridgehead atoms. The standard InChI is InChI=1S/C13H24O4/c1-4-6-8-13(11-14,7-5-2)17-12-16-10-9-15-3/h4-5,14H,1-2,6-12H2,3H3. The molecule has 0 aromatic rings. The van der Waals surface area contributed by atoms with Gasteiger partial charge in [-0.1, -0.05) is 12.2 Å². The first kappa shape index (κ1) is 16.3. The van der Waals surface area contributed by atoms with Gasteiger partial charge in [0.25, 0.3) is 0 Å². The lowest BCUT2D eigenvalue weighted by Crippen LogP contribution is -2.37. The highest BCUT2D eigenvalue weighted by atomic mass is 16.7. The Hall–Kier alpha value is -0.680. The lowest BCUT2D eigenvalue weighted by atomic mass is 9.94. The van der Waals surface area contributed by atoms with Crippen LogP contribution in [0.2, 0.25) is 0 Å². The molecule has 0 fully saturated rings. The molecule has 0 rings (SSSR count). The Bertz CT molecular complexity index is 206. The highest BCUT2D eigenvalue weighted by Crippen LogP contribution is 2.23. The second-order valence-electron chi connectivity index (χ2n) is 3.82. The molecule has 0 amide bonds. The van der Waals surface area contributed by atoms with Gasteiger partial charge in [-0.05, 0) is 19.3 Å². The number of ether oxygens (including phenoxy) is 3. The smallest absolute Gasteiger partial charge is 0.147 e. The SMILES string of the molecule is C=CCCC(CO)(CC=C)OCOCCOC. The van der Waals surface area contributed by atoms with Gasteiger partial charge in [-0.15, -0.1) is 13.2 Å². The number of hydrogen-bond donors (Lipinski definition) is 1. The number of aliphatic hydroxyl groups excluding tert-OH is 1. The van der Waals surface area contributed by atoms with Crippen LogP contribution >= 0.6 is 0 Å². The van der Waals surface area contributed by atoms with Crippen molar-refractivity contribution in [1.82, 2.24) is 0 Å². The van der Waals surface area contributed by atoms with E-state index in [4.69, 9.17) is 14.2 Å². The molecule has 0 saturated heterocycles. The molecule has 1 unspecified atom stereocenters. The first-order chi connectivity index (χ1) is 8.24. The molecule has 17 heavy (non-hydrogen) atoms. The Kier molecular flexibility index (Phi) is 10.1. The molecule has 1 N–H and O–H groups in total. The van der Waals surface area contributed by atoms with E-state index in [0.717, 1.165) is 6.42 Å². The number of hydrogen-bond acceptors (Lipinski definition) is 4. The van der Waals surface area contributed by atoms with E-state index in [-0.39, 0.29) is 13.4 Å². The van der Waals surface area contributed by atoms with Crippen molar-refractivity contribution in [2.45, 2.75) is 24.9 Å². The summed E-state index contributed by atoms with van der Waals surface area (Å²) in [6, 6.07) is 0. The monoisotopic (exact) mass is 244 g/mol. The van der Waals surface area contributed by atoms with Crippen LogP contribution in [0.25, 0.3) is 0 Å². The molecule has 0 aliphatic rings. The Labute approximate surface area is 104 Å². The third kappa shape index (κ3) is 7.28. The van der Waals surface area contributed by atoms with E-state index in [1.165, 1.54) is 0 Å². The third-order valence-electron chi connectivity index (χ3n) is 2.49. The molecular formula is C13H24O4. The molecule has 0 aliphatic heterocycles. The fraction of sp³-hybridized carbons (Fsp3) is 0.692. The van der Waals surface area contributed by atoms with Gasteiger partial charge in [-0.25, -0.2) is 0 Å². The van der Waals surface area contributed by atoms with Gasteiger partial charge < -0.3 is 19.3 Å². The van der Waals surface area contributed by atoms with Crippen molar-refractivity contribution in [3.05, 3.63) is 25.3 Å². The number of methoxy groups -OCH3 is 1.